The third kappa shape index (κ3) is 5.88. The lowest BCUT2D eigenvalue weighted by Crippen LogP contribution is -2.28. The molecule has 34 heavy (non-hydrogen) atoms. The zero-order chi connectivity index (χ0) is 24.3. The lowest BCUT2D eigenvalue weighted by molar-refractivity contribution is 0.138. The number of nitrogens with one attached hydrogen (secondary N) is 1. The van der Waals surface area contributed by atoms with E-state index in [9.17, 15) is 13.7 Å². The van der Waals surface area contributed by atoms with Crippen molar-refractivity contribution in [2.75, 3.05) is 25.1 Å². The summed E-state index contributed by atoms with van der Waals surface area (Å²) in [5.74, 6) is 2.21. The van der Waals surface area contributed by atoms with E-state index in [4.69, 9.17) is 9.72 Å². The monoisotopic (exact) mass is 499 g/mol. The molecule has 0 bridgehead atoms. The van der Waals surface area contributed by atoms with Crippen molar-refractivity contribution in [3.8, 4) is 6.07 Å². The highest BCUT2D eigenvalue weighted by molar-refractivity contribution is 7.90. The molecule has 0 aromatic carbocycles. The zero-order valence-corrected chi connectivity index (χ0v) is 21.7. The van der Waals surface area contributed by atoms with Gasteiger partial charge in [-0.3, -0.25) is 0 Å². The lowest BCUT2D eigenvalue weighted by atomic mass is 9.81. The number of nitrogens with zero attached hydrogens (tertiary/aromatic N) is 2. The second kappa shape index (κ2) is 10.6. The van der Waals surface area contributed by atoms with Crippen LogP contribution in [-0.4, -0.2) is 44.6 Å². The Kier molecular flexibility index (Phi) is 7.76. The quantitative estimate of drug-likeness (QED) is 0.493. The standard InChI is InChI=1S/C26H33N3O3S2/c1-17(2)32-24-10-8-18(13-20(24)14-27)26-29-16-25(33-26)23-6-4-5-21-19(7-9-22(21)23)15-28-11-12-34(3,30)31/h4-6,13,16-17,19,22-23,28H,7-12,15H2,1-3H3/t19?,22?,23-/m0/s1. The highest BCUT2D eigenvalue weighted by Crippen LogP contribution is 2.48. The van der Waals surface area contributed by atoms with Crippen molar-refractivity contribution in [2.24, 2.45) is 11.8 Å². The van der Waals surface area contributed by atoms with Crippen molar-refractivity contribution in [2.45, 2.75) is 51.6 Å². The summed E-state index contributed by atoms with van der Waals surface area (Å²) >= 11 is 1.73. The maximum Gasteiger partial charge on any atom is 0.148 e. The molecule has 8 heteroatoms. The fraction of sp³-hybridized carbons (Fsp3) is 0.538. The van der Waals surface area contributed by atoms with Crippen LogP contribution >= 0.6 is 11.3 Å². The first kappa shape index (κ1) is 24.9. The summed E-state index contributed by atoms with van der Waals surface area (Å²) in [6, 6.07) is 2.29. The Labute approximate surface area is 207 Å². The first-order chi connectivity index (χ1) is 16.2. The first-order valence-corrected chi connectivity index (χ1v) is 14.9. The van der Waals surface area contributed by atoms with Crippen LogP contribution in [0, 0.1) is 23.2 Å². The molecule has 1 heterocycles. The third-order valence-electron chi connectivity index (χ3n) is 6.67. The highest BCUT2D eigenvalue weighted by atomic mass is 32.2. The molecular formula is C26H33N3O3S2. The lowest BCUT2D eigenvalue weighted by Gasteiger charge is -2.25. The fourth-order valence-electron chi connectivity index (χ4n) is 5.10. The van der Waals surface area contributed by atoms with Crippen LogP contribution in [-0.2, 0) is 14.6 Å². The van der Waals surface area contributed by atoms with Crippen LogP contribution in [0.2, 0.25) is 0 Å². The van der Waals surface area contributed by atoms with E-state index in [0.29, 0.717) is 29.9 Å². The van der Waals surface area contributed by atoms with E-state index >= 15 is 0 Å². The van der Waals surface area contributed by atoms with Crippen molar-refractivity contribution in [3.05, 3.63) is 57.3 Å². The smallest absolute Gasteiger partial charge is 0.148 e. The minimum atomic E-state index is -2.93. The number of rotatable bonds is 9. The zero-order valence-electron chi connectivity index (χ0n) is 20.1. The molecule has 3 aliphatic rings. The Hall–Kier alpha value is -2.21. The summed E-state index contributed by atoms with van der Waals surface area (Å²) < 4.78 is 28.6. The van der Waals surface area contributed by atoms with Gasteiger partial charge in [0.2, 0.25) is 0 Å². The van der Waals surface area contributed by atoms with Gasteiger partial charge in [0.15, 0.2) is 0 Å². The van der Waals surface area contributed by atoms with Gasteiger partial charge in [-0.15, -0.1) is 11.3 Å². The number of hydrogen-bond acceptors (Lipinski definition) is 7. The van der Waals surface area contributed by atoms with Crippen molar-refractivity contribution >= 4 is 26.7 Å². The number of ether oxygens (including phenoxy) is 1. The molecule has 2 unspecified atom stereocenters. The molecular weight excluding hydrogens is 466 g/mol. The van der Waals surface area contributed by atoms with Crippen LogP contribution in [0.25, 0.3) is 5.57 Å². The number of aromatic nitrogens is 1. The molecule has 1 aromatic heterocycles. The van der Waals surface area contributed by atoms with E-state index in [1.165, 1.54) is 16.7 Å². The van der Waals surface area contributed by atoms with E-state index in [1.807, 2.05) is 26.1 Å². The van der Waals surface area contributed by atoms with Crippen LogP contribution in [0.3, 0.4) is 0 Å². The summed E-state index contributed by atoms with van der Waals surface area (Å²) in [4.78, 5) is 6.01. The molecule has 1 saturated carbocycles. The number of allylic oxidation sites excluding steroid dienone is 7. The summed E-state index contributed by atoms with van der Waals surface area (Å²) in [6.45, 7) is 5.29. The van der Waals surface area contributed by atoms with Crippen LogP contribution in [0.4, 0.5) is 0 Å². The van der Waals surface area contributed by atoms with Crippen molar-refractivity contribution in [1.82, 2.24) is 10.3 Å². The molecule has 0 amide bonds. The summed E-state index contributed by atoms with van der Waals surface area (Å²) in [5, 5.41) is 13.9. The number of thiazole rings is 1. The van der Waals surface area contributed by atoms with Gasteiger partial charge in [-0.25, -0.2) is 13.4 Å². The molecule has 3 atom stereocenters. The molecule has 0 spiro atoms. The maximum absolute atomic E-state index is 11.4. The van der Waals surface area contributed by atoms with Gasteiger partial charge >= 0.3 is 0 Å². The van der Waals surface area contributed by atoms with E-state index < -0.39 is 9.84 Å². The molecule has 3 aliphatic carbocycles. The normalized spacial score (nSPS) is 24.6. The SMILES string of the molecule is CC(C)OC1=C(C#N)C=C(c2ncc([C@H]3C=CC=C4C(CNCCS(C)(=O)=O)CCC43)s2)CC1. The molecule has 4 rings (SSSR count). The minimum Gasteiger partial charge on any atom is -0.494 e. The van der Waals surface area contributed by atoms with Gasteiger partial charge in [0.1, 0.15) is 26.7 Å². The van der Waals surface area contributed by atoms with Gasteiger partial charge in [0.25, 0.3) is 0 Å². The van der Waals surface area contributed by atoms with Gasteiger partial charge < -0.3 is 10.1 Å². The van der Waals surface area contributed by atoms with E-state index in [-0.39, 0.29) is 11.9 Å². The summed E-state index contributed by atoms with van der Waals surface area (Å²) in [5.41, 5.74) is 3.19. The van der Waals surface area contributed by atoms with Gasteiger partial charge in [-0.2, -0.15) is 5.26 Å². The molecule has 1 aromatic rings. The van der Waals surface area contributed by atoms with E-state index in [0.717, 1.165) is 48.6 Å². The average molecular weight is 500 g/mol. The van der Waals surface area contributed by atoms with Gasteiger partial charge in [0, 0.05) is 42.8 Å². The topological polar surface area (TPSA) is 92.1 Å². The average Bonchev–Trinajstić information content (AvgIpc) is 3.43. The molecule has 6 nitrogen and oxygen atoms in total. The minimum absolute atomic E-state index is 0.0604. The van der Waals surface area contributed by atoms with Crippen LogP contribution in [0.5, 0.6) is 0 Å². The van der Waals surface area contributed by atoms with Crippen LogP contribution in [0.1, 0.15) is 55.3 Å². The first-order valence-electron chi connectivity index (χ1n) is 12.0. The van der Waals surface area contributed by atoms with Crippen molar-refractivity contribution in [1.29, 1.82) is 5.26 Å². The third-order valence-corrected chi connectivity index (χ3v) is 8.79. The number of sulfone groups is 1. The maximum atomic E-state index is 11.4. The Morgan fingerprint density at radius 1 is 1.32 bits per heavy atom. The molecule has 0 saturated heterocycles. The number of hydrogen-bond donors (Lipinski definition) is 1. The van der Waals surface area contributed by atoms with Gasteiger partial charge in [-0.05, 0) is 56.6 Å². The Balaban J connectivity index is 1.43. The Morgan fingerprint density at radius 2 is 2.15 bits per heavy atom. The van der Waals surface area contributed by atoms with Gasteiger partial charge in [0.05, 0.1) is 17.4 Å². The molecule has 0 aliphatic heterocycles. The second-order valence-corrected chi connectivity index (χ2v) is 13.0. The van der Waals surface area contributed by atoms with E-state index in [1.54, 1.807) is 11.3 Å². The van der Waals surface area contributed by atoms with Gasteiger partial charge in [-0.1, -0.05) is 23.8 Å². The van der Waals surface area contributed by atoms with Crippen molar-refractivity contribution < 1.29 is 13.2 Å². The van der Waals surface area contributed by atoms with Crippen LogP contribution < -0.4 is 5.32 Å². The van der Waals surface area contributed by atoms with Crippen molar-refractivity contribution in [3.63, 3.8) is 0 Å². The summed E-state index contributed by atoms with van der Waals surface area (Å²) in [6.07, 6.45) is 15.8. The van der Waals surface area contributed by atoms with Crippen LogP contribution in [0.15, 0.2) is 47.4 Å². The fourth-order valence-corrected chi connectivity index (χ4v) is 6.72. The second-order valence-electron chi connectivity index (χ2n) is 9.64. The Morgan fingerprint density at radius 3 is 2.88 bits per heavy atom. The molecule has 182 valence electrons. The molecule has 1 fully saturated rings. The Bertz CT molecular complexity index is 1180. The predicted octanol–water partition coefficient (Wildman–Crippen LogP) is 4.76. The number of nitriles is 1. The van der Waals surface area contributed by atoms with E-state index in [2.05, 4.69) is 29.6 Å². The highest BCUT2D eigenvalue weighted by Gasteiger charge is 2.37. The predicted molar refractivity (Wildman–Crippen MR) is 137 cm³/mol. The largest absolute Gasteiger partial charge is 0.494 e. The molecule has 0 radical (unpaired) electrons. The number of fused-ring (bicyclic) bond motifs is 1. The molecule has 1 N–H and O–H groups in total. The summed E-state index contributed by atoms with van der Waals surface area (Å²) in [7, 11) is -2.93.